The second-order valence-electron chi connectivity index (χ2n) is 5.49. The first-order chi connectivity index (χ1) is 10.2. The van der Waals surface area contributed by atoms with E-state index in [1.165, 1.54) is 0 Å². The maximum Gasteiger partial charge on any atom is 0.224 e. The summed E-state index contributed by atoms with van der Waals surface area (Å²) >= 11 is 0. The van der Waals surface area contributed by atoms with Crippen LogP contribution >= 0.6 is 0 Å². The Balaban J connectivity index is 1.75. The summed E-state index contributed by atoms with van der Waals surface area (Å²) in [5.74, 6) is 0.660. The fourth-order valence-corrected chi connectivity index (χ4v) is 2.82. The van der Waals surface area contributed by atoms with E-state index in [1.54, 1.807) is 12.1 Å². The summed E-state index contributed by atoms with van der Waals surface area (Å²) in [5, 5.41) is 14.4. The average Bonchev–Trinajstić information content (AvgIpc) is 2.49. The van der Waals surface area contributed by atoms with Crippen molar-refractivity contribution in [3.8, 4) is 5.75 Å². The number of aromatic hydroxyl groups is 1. The van der Waals surface area contributed by atoms with E-state index in [4.69, 9.17) is 4.74 Å². The molecule has 1 fully saturated rings. The lowest BCUT2D eigenvalue weighted by Crippen LogP contribution is -2.22. The van der Waals surface area contributed by atoms with Gasteiger partial charge < -0.3 is 15.2 Å². The van der Waals surface area contributed by atoms with Crippen LogP contribution in [0.3, 0.4) is 0 Å². The van der Waals surface area contributed by atoms with Gasteiger partial charge in [0.25, 0.3) is 0 Å². The van der Waals surface area contributed by atoms with Gasteiger partial charge in [-0.05, 0) is 30.9 Å². The van der Waals surface area contributed by atoms with Crippen molar-refractivity contribution in [3.05, 3.63) is 36.4 Å². The molecule has 21 heavy (non-hydrogen) atoms. The van der Waals surface area contributed by atoms with Gasteiger partial charge in [0.2, 0.25) is 5.91 Å². The molecule has 3 rings (SSSR count). The lowest BCUT2D eigenvalue weighted by Gasteiger charge is -2.21. The molecule has 1 heterocycles. The zero-order valence-electron chi connectivity index (χ0n) is 11.8. The standard InChI is InChI=1S/C17H19NO3/c19-16-6-2-3-13-14(16)4-1-5-15(13)18-17(20)11-12-7-9-21-10-8-12/h1-6,12,19H,7-11H2,(H,18,20). The molecule has 0 unspecified atom stereocenters. The van der Waals surface area contributed by atoms with Crippen molar-refractivity contribution in [2.45, 2.75) is 19.3 Å². The first kappa shape index (κ1) is 13.9. The normalized spacial score (nSPS) is 16.0. The van der Waals surface area contributed by atoms with Gasteiger partial charge in [-0.3, -0.25) is 4.79 Å². The van der Waals surface area contributed by atoms with Crippen molar-refractivity contribution in [2.24, 2.45) is 5.92 Å². The number of carbonyl (C=O) groups excluding carboxylic acids is 1. The number of rotatable bonds is 3. The molecule has 0 atom stereocenters. The van der Waals surface area contributed by atoms with E-state index >= 15 is 0 Å². The highest BCUT2D eigenvalue weighted by molar-refractivity contribution is 6.03. The second kappa shape index (κ2) is 6.14. The third-order valence-corrected chi connectivity index (χ3v) is 3.99. The Morgan fingerprint density at radius 2 is 1.86 bits per heavy atom. The molecule has 0 spiro atoms. The molecule has 0 aliphatic carbocycles. The number of carbonyl (C=O) groups is 1. The number of hydrogen-bond acceptors (Lipinski definition) is 3. The molecule has 0 radical (unpaired) electrons. The minimum atomic E-state index is 0.0257. The highest BCUT2D eigenvalue weighted by atomic mass is 16.5. The van der Waals surface area contributed by atoms with Gasteiger partial charge >= 0.3 is 0 Å². The zero-order chi connectivity index (χ0) is 14.7. The summed E-state index contributed by atoms with van der Waals surface area (Å²) in [7, 11) is 0. The molecule has 1 saturated heterocycles. The number of anilines is 1. The predicted octanol–water partition coefficient (Wildman–Crippen LogP) is 3.30. The lowest BCUT2D eigenvalue weighted by molar-refractivity contribution is -0.117. The van der Waals surface area contributed by atoms with Crippen molar-refractivity contribution >= 4 is 22.4 Å². The number of fused-ring (bicyclic) bond motifs is 1. The fourth-order valence-electron chi connectivity index (χ4n) is 2.82. The number of benzene rings is 2. The van der Waals surface area contributed by atoms with Crippen LogP contribution in [0.15, 0.2) is 36.4 Å². The molecule has 4 heteroatoms. The molecule has 0 bridgehead atoms. The summed E-state index contributed by atoms with van der Waals surface area (Å²) in [4.78, 5) is 12.2. The van der Waals surface area contributed by atoms with E-state index in [-0.39, 0.29) is 11.7 Å². The van der Waals surface area contributed by atoms with Crippen molar-refractivity contribution < 1.29 is 14.6 Å². The highest BCUT2D eigenvalue weighted by Gasteiger charge is 2.18. The quantitative estimate of drug-likeness (QED) is 0.909. The van der Waals surface area contributed by atoms with Crippen LogP contribution in [0.2, 0.25) is 0 Å². The fraction of sp³-hybridized carbons (Fsp3) is 0.353. The molecular weight excluding hydrogens is 266 g/mol. The molecule has 1 aliphatic heterocycles. The number of amides is 1. The molecule has 2 aromatic carbocycles. The summed E-state index contributed by atoms with van der Waals surface area (Å²) < 4.78 is 5.31. The zero-order valence-corrected chi connectivity index (χ0v) is 11.8. The molecule has 0 saturated carbocycles. The number of nitrogens with one attached hydrogen (secondary N) is 1. The van der Waals surface area contributed by atoms with Gasteiger partial charge in [-0.2, -0.15) is 0 Å². The van der Waals surface area contributed by atoms with Crippen molar-refractivity contribution in [1.82, 2.24) is 0 Å². The Labute approximate surface area is 123 Å². The van der Waals surface area contributed by atoms with E-state index in [2.05, 4.69) is 5.32 Å². The number of ether oxygens (including phenoxy) is 1. The van der Waals surface area contributed by atoms with Crippen molar-refractivity contribution in [2.75, 3.05) is 18.5 Å². The summed E-state index contributed by atoms with van der Waals surface area (Å²) in [6.07, 6.45) is 2.42. The first-order valence-corrected chi connectivity index (χ1v) is 7.32. The van der Waals surface area contributed by atoms with Gasteiger partial charge in [0.15, 0.2) is 0 Å². The van der Waals surface area contributed by atoms with Gasteiger partial charge in [-0.15, -0.1) is 0 Å². The van der Waals surface area contributed by atoms with Gasteiger partial charge in [-0.25, -0.2) is 0 Å². The molecular formula is C17H19NO3. The maximum atomic E-state index is 12.2. The van der Waals surface area contributed by atoms with Crippen LogP contribution in [0, 0.1) is 5.92 Å². The lowest BCUT2D eigenvalue weighted by atomic mass is 9.96. The molecule has 0 aromatic heterocycles. The molecule has 4 nitrogen and oxygen atoms in total. The van der Waals surface area contributed by atoms with E-state index < -0.39 is 0 Å². The largest absolute Gasteiger partial charge is 0.507 e. The molecule has 2 aromatic rings. The molecule has 110 valence electrons. The second-order valence-corrected chi connectivity index (χ2v) is 5.49. The monoisotopic (exact) mass is 285 g/mol. The van der Waals surface area contributed by atoms with Gasteiger partial charge in [0.1, 0.15) is 5.75 Å². The van der Waals surface area contributed by atoms with Crippen LogP contribution in [-0.4, -0.2) is 24.2 Å². The summed E-state index contributed by atoms with van der Waals surface area (Å²) in [6.45, 7) is 1.50. The van der Waals surface area contributed by atoms with E-state index in [0.717, 1.165) is 42.5 Å². The minimum Gasteiger partial charge on any atom is -0.507 e. The third kappa shape index (κ3) is 3.16. The van der Waals surface area contributed by atoms with Crippen LogP contribution in [0.5, 0.6) is 5.75 Å². The maximum absolute atomic E-state index is 12.2. The summed E-state index contributed by atoms with van der Waals surface area (Å²) in [6, 6.07) is 10.9. The molecule has 2 N–H and O–H groups in total. The van der Waals surface area contributed by atoms with E-state index in [1.807, 2.05) is 24.3 Å². The summed E-state index contributed by atoms with van der Waals surface area (Å²) in [5.41, 5.74) is 0.750. The first-order valence-electron chi connectivity index (χ1n) is 7.32. The Morgan fingerprint density at radius 3 is 2.67 bits per heavy atom. The highest BCUT2D eigenvalue weighted by Crippen LogP contribution is 2.30. The Bertz CT molecular complexity index is 648. The van der Waals surface area contributed by atoms with E-state index in [9.17, 15) is 9.90 Å². The van der Waals surface area contributed by atoms with Gasteiger partial charge in [0, 0.05) is 36.1 Å². The van der Waals surface area contributed by atoms with Crippen LogP contribution in [-0.2, 0) is 9.53 Å². The van der Waals surface area contributed by atoms with Crippen molar-refractivity contribution in [1.29, 1.82) is 0 Å². The Hall–Kier alpha value is -2.07. The Kier molecular flexibility index (Phi) is 4.06. The minimum absolute atomic E-state index is 0.0257. The SMILES string of the molecule is O=C(CC1CCOCC1)Nc1cccc2c(O)cccc12. The topological polar surface area (TPSA) is 58.6 Å². The predicted molar refractivity (Wildman–Crippen MR) is 82.4 cm³/mol. The van der Waals surface area contributed by atoms with E-state index in [0.29, 0.717) is 12.3 Å². The Morgan fingerprint density at radius 1 is 1.14 bits per heavy atom. The average molecular weight is 285 g/mol. The van der Waals surface area contributed by atoms with Crippen LogP contribution < -0.4 is 5.32 Å². The third-order valence-electron chi connectivity index (χ3n) is 3.99. The van der Waals surface area contributed by atoms with Gasteiger partial charge in [-0.1, -0.05) is 24.3 Å². The van der Waals surface area contributed by atoms with Crippen LogP contribution in [0.25, 0.3) is 10.8 Å². The van der Waals surface area contributed by atoms with Gasteiger partial charge in [0.05, 0.1) is 0 Å². The van der Waals surface area contributed by atoms with Crippen LogP contribution in [0.4, 0.5) is 5.69 Å². The number of hydrogen-bond donors (Lipinski definition) is 2. The van der Waals surface area contributed by atoms with Crippen molar-refractivity contribution in [3.63, 3.8) is 0 Å². The van der Waals surface area contributed by atoms with Crippen LogP contribution in [0.1, 0.15) is 19.3 Å². The number of phenols is 1. The smallest absolute Gasteiger partial charge is 0.224 e. The molecule has 1 aliphatic rings. The number of phenolic OH excluding ortho intramolecular Hbond substituents is 1. The molecule has 1 amide bonds.